The Hall–Kier alpha value is -1.17. The number of unbranched alkanes of at least 4 members (excludes halogenated alkanes) is 1. The first-order chi connectivity index (χ1) is 9.47. The molecule has 0 bridgehead atoms. The van der Waals surface area contributed by atoms with Crippen LogP contribution >= 0.6 is 12.2 Å². The molecule has 0 aliphatic carbocycles. The van der Waals surface area contributed by atoms with E-state index in [0.717, 1.165) is 24.4 Å². The summed E-state index contributed by atoms with van der Waals surface area (Å²) in [6.45, 7) is 4.67. The molecule has 0 aliphatic rings. The lowest BCUT2D eigenvalue weighted by Crippen LogP contribution is -2.22. The van der Waals surface area contributed by atoms with Gasteiger partial charge in [0, 0.05) is 13.0 Å². The first-order valence-corrected chi connectivity index (χ1v) is 7.53. The van der Waals surface area contributed by atoms with E-state index in [9.17, 15) is 9.59 Å². The van der Waals surface area contributed by atoms with Gasteiger partial charge in [0.2, 0.25) is 0 Å². The molecule has 6 heteroatoms. The molecule has 2 N–H and O–H groups in total. The van der Waals surface area contributed by atoms with Crippen molar-refractivity contribution in [2.45, 2.75) is 52.4 Å². The molecule has 0 rings (SSSR count). The maximum Gasteiger partial charge on any atom is 0.306 e. The summed E-state index contributed by atoms with van der Waals surface area (Å²) in [6, 6.07) is 0. The number of thiocarbonyl (C=S) groups is 1. The minimum atomic E-state index is -0.743. The minimum absolute atomic E-state index is 0.182. The van der Waals surface area contributed by atoms with Crippen molar-refractivity contribution in [2.75, 3.05) is 13.2 Å². The number of carboxylic acids is 1. The second kappa shape index (κ2) is 11.6. The molecular formula is C14H25NO4S. The van der Waals surface area contributed by atoms with E-state index in [1.54, 1.807) is 13.8 Å². The third kappa shape index (κ3) is 10.7. The normalized spacial score (nSPS) is 11.7. The fourth-order valence-electron chi connectivity index (χ4n) is 1.64. The molecule has 0 saturated heterocycles. The Kier molecular flexibility index (Phi) is 11.0. The summed E-state index contributed by atoms with van der Waals surface area (Å²) in [7, 11) is 0. The van der Waals surface area contributed by atoms with Crippen molar-refractivity contribution in [3.8, 4) is 0 Å². The average molecular weight is 303 g/mol. The number of rotatable bonds is 11. The first-order valence-electron chi connectivity index (χ1n) is 7.12. The Bertz CT molecular complexity index is 320. The van der Waals surface area contributed by atoms with E-state index in [1.165, 1.54) is 0 Å². The fourth-order valence-corrected chi connectivity index (χ4v) is 1.89. The van der Waals surface area contributed by atoms with Gasteiger partial charge >= 0.3 is 11.9 Å². The van der Waals surface area contributed by atoms with Crippen molar-refractivity contribution in [3.63, 3.8) is 0 Å². The van der Waals surface area contributed by atoms with Crippen molar-refractivity contribution in [2.24, 2.45) is 5.92 Å². The molecule has 5 nitrogen and oxygen atoms in total. The molecule has 0 amide bonds. The van der Waals surface area contributed by atoms with Crippen LogP contribution in [-0.4, -0.2) is 35.2 Å². The van der Waals surface area contributed by atoms with Crippen LogP contribution in [0, 0.1) is 5.92 Å². The molecule has 0 fully saturated rings. The average Bonchev–Trinajstić information content (AvgIpc) is 2.38. The van der Waals surface area contributed by atoms with Crippen molar-refractivity contribution in [1.82, 2.24) is 5.32 Å². The van der Waals surface area contributed by atoms with Gasteiger partial charge in [0.15, 0.2) is 0 Å². The molecule has 0 radical (unpaired) electrons. The predicted molar refractivity (Wildman–Crippen MR) is 81.7 cm³/mol. The Labute approximate surface area is 126 Å². The summed E-state index contributed by atoms with van der Waals surface area (Å²) in [5.41, 5.74) is 0. The number of ether oxygens (including phenoxy) is 1. The molecule has 20 heavy (non-hydrogen) atoms. The van der Waals surface area contributed by atoms with Crippen LogP contribution in [0.2, 0.25) is 0 Å². The standard InChI is InChI=1S/C14H25NO4S/c1-3-19-13(16)9-6-8-12(20)15-10-5-4-7-11(2)14(17)18/h11H,3-10H2,1-2H3,(H,15,20)(H,17,18). The first kappa shape index (κ1) is 18.8. The van der Waals surface area contributed by atoms with Gasteiger partial charge in [-0.3, -0.25) is 9.59 Å². The molecule has 0 spiro atoms. The van der Waals surface area contributed by atoms with Gasteiger partial charge in [-0.15, -0.1) is 0 Å². The molecule has 0 heterocycles. The number of hydrogen-bond donors (Lipinski definition) is 2. The van der Waals surface area contributed by atoms with Gasteiger partial charge in [-0.2, -0.15) is 0 Å². The van der Waals surface area contributed by atoms with Crippen LogP contribution in [0.15, 0.2) is 0 Å². The molecule has 0 aromatic rings. The smallest absolute Gasteiger partial charge is 0.306 e. The minimum Gasteiger partial charge on any atom is -0.481 e. The summed E-state index contributed by atoms with van der Waals surface area (Å²) in [5.74, 6) is -1.21. The number of carbonyl (C=O) groups is 2. The highest BCUT2D eigenvalue weighted by atomic mass is 32.1. The van der Waals surface area contributed by atoms with Crippen LogP contribution in [0.5, 0.6) is 0 Å². The maximum absolute atomic E-state index is 11.1. The van der Waals surface area contributed by atoms with E-state index in [0.29, 0.717) is 32.3 Å². The van der Waals surface area contributed by atoms with Gasteiger partial charge in [0.05, 0.1) is 17.5 Å². The summed E-state index contributed by atoms with van der Waals surface area (Å²) < 4.78 is 4.83. The summed E-state index contributed by atoms with van der Waals surface area (Å²) in [5, 5.41) is 11.9. The molecular weight excluding hydrogens is 278 g/mol. The fraction of sp³-hybridized carbons (Fsp3) is 0.786. The van der Waals surface area contributed by atoms with E-state index in [4.69, 9.17) is 22.1 Å². The van der Waals surface area contributed by atoms with Crippen LogP contribution in [0.25, 0.3) is 0 Å². The quantitative estimate of drug-likeness (QED) is 0.347. The third-order valence-corrected chi connectivity index (χ3v) is 3.25. The van der Waals surface area contributed by atoms with Crippen LogP contribution in [0.1, 0.15) is 52.4 Å². The number of carboxylic acid groups (broad SMARTS) is 1. The van der Waals surface area contributed by atoms with E-state index in [-0.39, 0.29) is 11.9 Å². The monoisotopic (exact) mass is 303 g/mol. The second-order valence-electron chi connectivity index (χ2n) is 4.74. The van der Waals surface area contributed by atoms with Gasteiger partial charge in [-0.05, 0) is 32.6 Å². The van der Waals surface area contributed by atoms with Crippen molar-refractivity contribution < 1.29 is 19.4 Å². The highest BCUT2D eigenvalue weighted by Gasteiger charge is 2.09. The van der Waals surface area contributed by atoms with Crippen LogP contribution in [-0.2, 0) is 14.3 Å². The number of carbonyl (C=O) groups excluding carboxylic acids is 1. The second-order valence-corrected chi connectivity index (χ2v) is 5.24. The number of hydrogen-bond acceptors (Lipinski definition) is 4. The SMILES string of the molecule is CCOC(=O)CCCC(=S)NCCCCC(C)C(=O)O. The lowest BCUT2D eigenvalue weighted by molar-refractivity contribution is -0.143. The summed E-state index contributed by atoms with van der Waals surface area (Å²) >= 11 is 5.16. The van der Waals surface area contributed by atoms with Crippen molar-refractivity contribution in [1.29, 1.82) is 0 Å². The molecule has 1 unspecified atom stereocenters. The van der Waals surface area contributed by atoms with Gasteiger partial charge in [0.25, 0.3) is 0 Å². The Morgan fingerprint density at radius 1 is 1.25 bits per heavy atom. The van der Waals surface area contributed by atoms with E-state index in [1.807, 2.05) is 0 Å². The number of aliphatic carboxylic acids is 1. The Morgan fingerprint density at radius 3 is 2.55 bits per heavy atom. The van der Waals surface area contributed by atoms with E-state index >= 15 is 0 Å². The van der Waals surface area contributed by atoms with Gasteiger partial charge in [0.1, 0.15) is 0 Å². The molecule has 0 aliphatic heterocycles. The molecule has 116 valence electrons. The summed E-state index contributed by atoms with van der Waals surface area (Å²) in [6.07, 6.45) is 4.22. The van der Waals surface area contributed by atoms with Crippen LogP contribution in [0.3, 0.4) is 0 Å². The van der Waals surface area contributed by atoms with Crippen LogP contribution < -0.4 is 5.32 Å². The third-order valence-electron chi connectivity index (χ3n) is 2.90. The van der Waals surface area contributed by atoms with Gasteiger partial charge in [-0.1, -0.05) is 25.6 Å². The zero-order chi connectivity index (χ0) is 15.4. The maximum atomic E-state index is 11.1. The topological polar surface area (TPSA) is 75.6 Å². The molecule has 0 aromatic carbocycles. The van der Waals surface area contributed by atoms with E-state index in [2.05, 4.69) is 5.32 Å². The largest absolute Gasteiger partial charge is 0.481 e. The number of esters is 1. The summed E-state index contributed by atoms with van der Waals surface area (Å²) in [4.78, 5) is 22.5. The van der Waals surface area contributed by atoms with Gasteiger partial charge in [-0.25, -0.2) is 0 Å². The lowest BCUT2D eigenvalue weighted by Gasteiger charge is -2.09. The van der Waals surface area contributed by atoms with Crippen molar-refractivity contribution in [3.05, 3.63) is 0 Å². The Morgan fingerprint density at radius 2 is 1.95 bits per heavy atom. The lowest BCUT2D eigenvalue weighted by atomic mass is 10.0. The van der Waals surface area contributed by atoms with Crippen LogP contribution in [0.4, 0.5) is 0 Å². The predicted octanol–water partition coefficient (Wildman–Crippen LogP) is 2.53. The van der Waals surface area contributed by atoms with Gasteiger partial charge < -0.3 is 15.2 Å². The zero-order valence-corrected chi connectivity index (χ0v) is 13.1. The molecule has 1 atom stereocenters. The zero-order valence-electron chi connectivity index (χ0n) is 12.3. The Balaban J connectivity index is 3.45. The number of nitrogens with one attached hydrogen (secondary N) is 1. The highest BCUT2D eigenvalue weighted by Crippen LogP contribution is 2.07. The molecule has 0 aromatic heterocycles. The highest BCUT2D eigenvalue weighted by molar-refractivity contribution is 7.80. The molecule has 0 saturated carbocycles. The van der Waals surface area contributed by atoms with Crippen molar-refractivity contribution >= 4 is 29.1 Å². The van der Waals surface area contributed by atoms with E-state index < -0.39 is 5.97 Å².